The van der Waals surface area contributed by atoms with Gasteiger partial charge in [-0.1, -0.05) is 23.6 Å². The van der Waals surface area contributed by atoms with Crippen molar-refractivity contribution in [3.05, 3.63) is 93.0 Å². The maximum Gasteiger partial charge on any atom is 0.435 e. The molecule has 2 saturated carbocycles. The lowest BCUT2D eigenvalue weighted by Crippen LogP contribution is -2.37. The molecule has 3 heterocycles. The molecule has 0 spiro atoms. The summed E-state index contributed by atoms with van der Waals surface area (Å²) in [6.45, 7) is 2.84. The average Bonchev–Trinajstić information content (AvgIpc) is 4.07. The summed E-state index contributed by atoms with van der Waals surface area (Å²) in [5, 5.41) is 10.1. The maximum atomic E-state index is 16.2. The van der Waals surface area contributed by atoms with Crippen molar-refractivity contribution in [2.24, 2.45) is 23.7 Å². The van der Waals surface area contributed by atoms with E-state index in [0.717, 1.165) is 12.1 Å². The van der Waals surface area contributed by atoms with Gasteiger partial charge in [-0.05, 0) is 99.5 Å². The van der Waals surface area contributed by atoms with Crippen LogP contribution in [-0.2, 0) is 40.2 Å². The molecule has 0 radical (unpaired) electrons. The van der Waals surface area contributed by atoms with Crippen LogP contribution in [-0.4, -0.2) is 54.0 Å². The predicted molar refractivity (Wildman–Crippen MR) is 210 cm³/mol. The van der Waals surface area contributed by atoms with Crippen LogP contribution in [0.25, 0.3) is 22.0 Å². The van der Waals surface area contributed by atoms with Gasteiger partial charge in [0.25, 0.3) is 5.92 Å². The number of amides is 1. The molecule has 0 aliphatic heterocycles. The van der Waals surface area contributed by atoms with Crippen LogP contribution in [0, 0.1) is 29.4 Å². The zero-order valence-electron chi connectivity index (χ0n) is 31.6. The number of primary amides is 1. The molecule has 10 nitrogen and oxygen atoms in total. The number of hydrogen-bond donors (Lipinski definition) is 1. The smallest absolute Gasteiger partial charge is 0.368 e. The second-order valence-corrected chi connectivity index (χ2v) is 19.0. The summed E-state index contributed by atoms with van der Waals surface area (Å²) < 4.78 is 133. The lowest BCUT2D eigenvalue weighted by Gasteiger charge is -2.29. The van der Waals surface area contributed by atoms with Crippen LogP contribution >= 0.6 is 23.8 Å². The largest absolute Gasteiger partial charge is 0.435 e. The third-order valence-electron chi connectivity index (χ3n) is 11.3. The molecule has 3 aromatic heterocycles. The van der Waals surface area contributed by atoms with Crippen LogP contribution in [0.5, 0.6) is 0 Å². The van der Waals surface area contributed by atoms with Crippen LogP contribution in [0.2, 0.25) is 5.02 Å². The average molecular weight is 890 g/mol. The van der Waals surface area contributed by atoms with E-state index in [1.807, 2.05) is 0 Å². The number of halogens is 8. The minimum Gasteiger partial charge on any atom is -0.368 e. The minimum absolute atomic E-state index is 0.0554. The number of pyridine rings is 1. The summed E-state index contributed by atoms with van der Waals surface area (Å²) in [6, 6.07) is 6.04. The normalized spacial score (nSPS) is 19.2. The lowest BCUT2D eigenvalue weighted by atomic mass is 9.84. The number of alkyl halides is 5. The summed E-state index contributed by atoms with van der Waals surface area (Å²) in [5.41, 5.74) is 2.67. The fraction of sp³-hybridized carbons (Fsp3) is 0.375. The van der Waals surface area contributed by atoms with Gasteiger partial charge in [-0.3, -0.25) is 9.48 Å². The van der Waals surface area contributed by atoms with Crippen LogP contribution in [0.1, 0.15) is 84.9 Å². The quantitative estimate of drug-likeness (QED) is 0.0643. The SMILES string of the molecule is Cn1nc(N=C=S)c2c(Cl)ccc(-c3ccc(C#CC(C)(C)S(=O)(=O)C4CC4)nc3[C@@H](Cc3cc(F)cc(F)c3)C(C(N)=O)n3nc(C(F)(F)F)c4c3C(F)(F)[C@@H]3C[C@H]43)c21. The Kier molecular flexibility index (Phi) is 9.85. The molecule has 0 bridgehead atoms. The zero-order chi connectivity index (χ0) is 43.4. The van der Waals surface area contributed by atoms with Crippen molar-refractivity contribution < 1.29 is 43.9 Å². The topological polar surface area (TPSA) is 138 Å². The van der Waals surface area contributed by atoms with Crippen molar-refractivity contribution >= 4 is 61.4 Å². The van der Waals surface area contributed by atoms with E-state index in [9.17, 15) is 35.2 Å². The van der Waals surface area contributed by atoms with Crippen LogP contribution in [0.15, 0.2) is 47.5 Å². The minimum atomic E-state index is -5.23. The molecule has 312 valence electrons. The highest BCUT2D eigenvalue weighted by atomic mass is 35.5. The number of carbonyl (C=O) groups is 1. The number of isothiocyanates is 1. The number of hydrogen-bond acceptors (Lipinski definition) is 8. The first kappa shape index (κ1) is 41.6. The van der Waals surface area contributed by atoms with Gasteiger partial charge < -0.3 is 5.73 Å². The van der Waals surface area contributed by atoms with Gasteiger partial charge in [-0.25, -0.2) is 26.9 Å². The molecule has 20 heteroatoms. The first-order chi connectivity index (χ1) is 28.1. The molecule has 60 heavy (non-hydrogen) atoms. The number of thiocarbonyl (C=S) groups is 1. The molecule has 1 amide bonds. The predicted octanol–water partition coefficient (Wildman–Crippen LogP) is 8.49. The van der Waals surface area contributed by atoms with Crippen LogP contribution in [0.3, 0.4) is 0 Å². The first-order valence-corrected chi connectivity index (χ1v) is 20.7. The highest BCUT2D eigenvalue weighted by Gasteiger charge is 2.69. The van der Waals surface area contributed by atoms with Gasteiger partial charge in [-0.2, -0.15) is 37.1 Å². The Morgan fingerprint density at radius 2 is 1.75 bits per heavy atom. The van der Waals surface area contributed by atoms with Crippen molar-refractivity contribution in [2.75, 3.05) is 0 Å². The van der Waals surface area contributed by atoms with E-state index in [2.05, 4.69) is 32.2 Å². The molecule has 8 rings (SSSR count). The van der Waals surface area contributed by atoms with Gasteiger partial charge in [0.05, 0.1) is 32.0 Å². The van der Waals surface area contributed by atoms with E-state index in [0.29, 0.717) is 24.4 Å². The first-order valence-electron chi connectivity index (χ1n) is 18.4. The molecule has 5 aromatic rings. The third-order valence-corrected chi connectivity index (χ3v) is 14.6. The van der Waals surface area contributed by atoms with Gasteiger partial charge in [0.2, 0.25) is 5.91 Å². The monoisotopic (exact) mass is 889 g/mol. The number of aliphatic imine (C=N–C) groups is 1. The number of rotatable bonds is 10. The summed E-state index contributed by atoms with van der Waals surface area (Å²) in [5.74, 6) is -6.23. The molecule has 2 N–H and O–H groups in total. The molecule has 4 atom stereocenters. The van der Waals surface area contributed by atoms with E-state index >= 15 is 8.78 Å². The van der Waals surface area contributed by atoms with Crippen LogP contribution in [0.4, 0.5) is 36.6 Å². The fourth-order valence-electron chi connectivity index (χ4n) is 8.29. The van der Waals surface area contributed by atoms with Crippen molar-refractivity contribution in [3.8, 4) is 23.0 Å². The number of carbonyl (C=O) groups excluding carboxylic acids is 1. The summed E-state index contributed by atoms with van der Waals surface area (Å²) in [7, 11) is -2.20. The van der Waals surface area contributed by atoms with E-state index in [1.54, 1.807) is 0 Å². The highest BCUT2D eigenvalue weighted by molar-refractivity contribution is 7.93. The number of fused-ring (bicyclic) bond motifs is 4. The van der Waals surface area contributed by atoms with Gasteiger partial charge in [0.15, 0.2) is 21.3 Å². The van der Waals surface area contributed by atoms with Crippen molar-refractivity contribution in [2.45, 2.75) is 79.5 Å². The Labute approximate surface area is 347 Å². The summed E-state index contributed by atoms with van der Waals surface area (Å²) in [4.78, 5) is 22.6. The summed E-state index contributed by atoms with van der Waals surface area (Å²) in [6.07, 6.45) is -5.16. The Morgan fingerprint density at radius 1 is 1.08 bits per heavy atom. The second kappa shape index (κ2) is 14.2. The van der Waals surface area contributed by atoms with Crippen molar-refractivity contribution in [3.63, 3.8) is 0 Å². The lowest BCUT2D eigenvalue weighted by molar-refractivity contribution is -0.142. The number of benzene rings is 2. The van der Waals surface area contributed by atoms with E-state index in [4.69, 9.17) is 34.5 Å². The molecule has 2 aromatic carbocycles. The molecular formula is C40H31ClF7N7O3S2. The molecule has 3 aliphatic carbocycles. The van der Waals surface area contributed by atoms with Crippen molar-refractivity contribution in [1.82, 2.24) is 24.5 Å². The molecule has 2 fully saturated rings. The number of aryl methyl sites for hydroxylation is 1. The molecule has 3 aliphatic rings. The van der Waals surface area contributed by atoms with Gasteiger partial charge in [0, 0.05) is 41.6 Å². The summed E-state index contributed by atoms with van der Waals surface area (Å²) >= 11 is 11.4. The van der Waals surface area contributed by atoms with Crippen LogP contribution < -0.4 is 5.73 Å². The number of sulfone groups is 1. The highest BCUT2D eigenvalue weighted by Crippen LogP contribution is 2.69. The Balaban J connectivity index is 1.44. The zero-order valence-corrected chi connectivity index (χ0v) is 34.0. The van der Waals surface area contributed by atoms with Gasteiger partial charge in [-0.15, -0.1) is 0 Å². The second-order valence-electron chi connectivity index (χ2n) is 15.7. The number of aromatic nitrogens is 5. The molecule has 0 saturated heterocycles. The standard InChI is InChI=1S/C40H31ClF7N7O3S2/c1-38(2,60(57,58)22-5-6-22)11-10-21-4-7-23(24-8-9-28(41)30-32(24)54(3)53-37(30)50-17-59)31(51-21)26(14-18-12-19(42)15-20(43)13-18)33(36(49)56)55-35-29(34(52-55)40(46,47)48)25-16-27(25)39(35,44)45/h4,7-9,12-13,15,22,25-27,33H,5-6,14,16H2,1-3H3,(H2,49,56)/t25-,26+,27+,33?/m0/s1. The number of nitrogens with zero attached hydrogens (tertiary/aromatic N) is 6. The maximum absolute atomic E-state index is 16.2. The number of nitrogens with two attached hydrogens (primary N) is 1. The molecule has 1 unspecified atom stereocenters. The van der Waals surface area contributed by atoms with Gasteiger partial charge >= 0.3 is 6.18 Å². The van der Waals surface area contributed by atoms with E-state index in [-0.39, 0.29) is 55.4 Å². The Morgan fingerprint density at radius 3 is 2.37 bits per heavy atom. The van der Waals surface area contributed by atoms with Gasteiger partial charge in [0.1, 0.15) is 33.8 Å². The Bertz CT molecular complexity index is 2870. The Hall–Kier alpha value is -5.15. The molecular weight excluding hydrogens is 859 g/mol. The van der Waals surface area contributed by atoms with Crippen molar-refractivity contribution in [1.29, 1.82) is 0 Å². The van der Waals surface area contributed by atoms with E-state index < -0.39 is 96.6 Å². The fourth-order valence-corrected chi connectivity index (χ4v) is 10.4. The third kappa shape index (κ3) is 6.87. The van der Waals surface area contributed by atoms with E-state index in [1.165, 1.54) is 49.8 Å².